The molecule has 1 aliphatic rings. The van der Waals surface area contributed by atoms with Gasteiger partial charge in [-0.15, -0.1) is 0 Å². The van der Waals surface area contributed by atoms with Crippen LogP contribution in [0.15, 0.2) is 53.9 Å². The fraction of sp³-hybridized carbons (Fsp3) is 0.250. The molecule has 6 heteroatoms. The summed E-state index contributed by atoms with van der Waals surface area (Å²) in [5.74, 6) is 0.330. The van der Waals surface area contributed by atoms with E-state index in [9.17, 15) is 9.60 Å². The van der Waals surface area contributed by atoms with Crippen molar-refractivity contribution in [3.63, 3.8) is 0 Å². The molecule has 1 aromatic carbocycles. The topological polar surface area (TPSA) is 52.0 Å². The zero-order chi connectivity index (χ0) is 15.4. The highest BCUT2D eigenvalue weighted by Gasteiger charge is 2.21. The van der Waals surface area contributed by atoms with Crippen molar-refractivity contribution in [1.29, 1.82) is 0 Å². The molecule has 0 saturated carbocycles. The summed E-state index contributed by atoms with van der Waals surface area (Å²) in [4.78, 5) is 8.20. The van der Waals surface area contributed by atoms with Crippen molar-refractivity contribution < 1.29 is 9.60 Å². The number of anilines is 1. The number of pyridine rings is 1. The second-order valence-corrected chi connectivity index (χ2v) is 5.11. The fourth-order valence-electron chi connectivity index (χ4n) is 2.63. The number of hydrogen-bond acceptors (Lipinski definition) is 4. The van der Waals surface area contributed by atoms with Gasteiger partial charge in [-0.25, -0.2) is 4.39 Å². The Balaban J connectivity index is 1.67. The van der Waals surface area contributed by atoms with Gasteiger partial charge in [0.25, 0.3) is 0 Å². The molecular formula is C16H17FN4O. The van der Waals surface area contributed by atoms with Gasteiger partial charge >= 0.3 is 0 Å². The maximum absolute atomic E-state index is 13.0. The van der Waals surface area contributed by atoms with Crippen LogP contribution in [0.2, 0.25) is 0 Å². The average molecular weight is 300 g/mol. The highest BCUT2D eigenvalue weighted by molar-refractivity contribution is 5.98. The van der Waals surface area contributed by atoms with Crippen molar-refractivity contribution in [2.75, 3.05) is 31.1 Å². The molecule has 1 aliphatic heterocycles. The smallest absolute Gasteiger partial charge is 0.175 e. The predicted molar refractivity (Wildman–Crippen MR) is 82.7 cm³/mol. The third-order valence-electron chi connectivity index (χ3n) is 3.80. The molecule has 2 heterocycles. The Morgan fingerprint density at radius 3 is 2.23 bits per heavy atom. The van der Waals surface area contributed by atoms with Crippen LogP contribution in [0.5, 0.6) is 0 Å². The molecule has 0 bridgehead atoms. The van der Waals surface area contributed by atoms with E-state index in [1.165, 1.54) is 12.1 Å². The van der Waals surface area contributed by atoms with Gasteiger partial charge in [-0.2, -0.15) is 0 Å². The van der Waals surface area contributed by atoms with Crippen LogP contribution >= 0.6 is 0 Å². The second-order valence-electron chi connectivity index (χ2n) is 5.11. The molecule has 1 N–H and O–H groups in total. The lowest BCUT2D eigenvalue weighted by molar-refractivity contribution is 0.296. The molecule has 114 valence electrons. The molecule has 0 unspecified atom stereocenters. The quantitative estimate of drug-likeness (QED) is 0.400. The maximum atomic E-state index is 13.0. The summed E-state index contributed by atoms with van der Waals surface area (Å²) in [7, 11) is 0. The number of rotatable bonds is 2. The zero-order valence-corrected chi connectivity index (χ0v) is 12.1. The summed E-state index contributed by atoms with van der Waals surface area (Å²) in [6, 6.07) is 10.2. The zero-order valence-electron chi connectivity index (χ0n) is 12.1. The first-order valence-corrected chi connectivity index (χ1v) is 7.16. The van der Waals surface area contributed by atoms with Crippen molar-refractivity contribution in [3.8, 4) is 0 Å². The van der Waals surface area contributed by atoms with Crippen LogP contribution < -0.4 is 4.90 Å². The van der Waals surface area contributed by atoms with Crippen LogP contribution in [-0.2, 0) is 0 Å². The normalized spacial score (nSPS) is 16.0. The maximum Gasteiger partial charge on any atom is 0.175 e. The Kier molecular flexibility index (Phi) is 4.18. The van der Waals surface area contributed by atoms with Gasteiger partial charge in [0.15, 0.2) is 5.84 Å². The number of halogens is 1. The van der Waals surface area contributed by atoms with Crippen LogP contribution in [0.4, 0.5) is 10.1 Å². The van der Waals surface area contributed by atoms with Gasteiger partial charge in [0.05, 0.1) is 0 Å². The van der Waals surface area contributed by atoms with Gasteiger partial charge in [0.2, 0.25) is 0 Å². The van der Waals surface area contributed by atoms with Crippen LogP contribution in [-0.4, -0.2) is 47.1 Å². The molecule has 1 fully saturated rings. The minimum atomic E-state index is -0.227. The largest absolute Gasteiger partial charge is 0.409 e. The van der Waals surface area contributed by atoms with E-state index in [1.54, 1.807) is 24.5 Å². The number of aromatic nitrogens is 1. The Labute approximate surface area is 128 Å². The van der Waals surface area contributed by atoms with Crippen molar-refractivity contribution in [3.05, 3.63) is 60.2 Å². The second kappa shape index (κ2) is 6.43. The summed E-state index contributed by atoms with van der Waals surface area (Å²) in [5.41, 5.74) is 1.85. The lowest BCUT2D eigenvalue weighted by Crippen LogP contribution is -2.49. The van der Waals surface area contributed by atoms with E-state index in [4.69, 9.17) is 0 Å². The average Bonchev–Trinajstić information content (AvgIpc) is 2.58. The van der Waals surface area contributed by atoms with Crippen molar-refractivity contribution in [1.82, 2.24) is 9.88 Å². The Bertz CT molecular complexity index is 637. The molecule has 0 spiro atoms. The molecule has 1 saturated heterocycles. The van der Waals surface area contributed by atoms with Crippen LogP contribution in [0.25, 0.3) is 0 Å². The first kappa shape index (κ1) is 14.3. The Morgan fingerprint density at radius 1 is 1.00 bits per heavy atom. The standard InChI is InChI=1S/C16H17FN4O/c17-14-1-3-15(4-2-14)20-9-11-21(12-10-20)16(19-22)13-5-7-18-8-6-13/h1-8,22H,9-12H2/b19-16-. The first-order valence-electron chi connectivity index (χ1n) is 7.16. The SMILES string of the molecule is O/N=C(/c1ccncc1)N1CCN(c2ccc(F)cc2)CC1. The predicted octanol–water partition coefficient (Wildman–Crippen LogP) is 2.18. The van der Waals surface area contributed by atoms with Crippen molar-refractivity contribution >= 4 is 11.5 Å². The highest BCUT2D eigenvalue weighted by Crippen LogP contribution is 2.18. The van der Waals surface area contributed by atoms with E-state index in [2.05, 4.69) is 15.0 Å². The molecular weight excluding hydrogens is 283 g/mol. The lowest BCUT2D eigenvalue weighted by Gasteiger charge is -2.37. The highest BCUT2D eigenvalue weighted by atomic mass is 19.1. The molecule has 3 rings (SSSR count). The number of benzene rings is 1. The molecule has 0 aliphatic carbocycles. The number of nitrogens with zero attached hydrogens (tertiary/aromatic N) is 4. The summed E-state index contributed by atoms with van der Waals surface area (Å²) in [6.45, 7) is 3.05. The Morgan fingerprint density at radius 2 is 1.64 bits per heavy atom. The van der Waals surface area contributed by atoms with Gasteiger partial charge in [0, 0.05) is 49.8 Å². The van der Waals surface area contributed by atoms with E-state index in [0.29, 0.717) is 5.84 Å². The molecule has 22 heavy (non-hydrogen) atoms. The summed E-state index contributed by atoms with van der Waals surface area (Å²) in [6.07, 6.45) is 3.35. The molecule has 0 atom stereocenters. The fourth-order valence-corrected chi connectivity index (χ4v) is 2.63. The van der Waals surface area contributed by atoms with Gasteiger partial charge in [-0.1, -0.05) is 5.16 Å². The molecule has 0 radical (unpaired) electrons. The van der Waals surface area contributed by atoms with Crippen molar-refractivity contribution in [2.24, 2.45) is 5.16 Å². The van der Waals surface area contributed by atoms with Crippen molar-refractivity contribution in [2.45, 2.75) is 0 Å². The molecule has 0 amide bonds. The van der Waals surface area contributed by atoms with Crippen LogP contribution in [0, 0.1) is 5.82 Å². The first-order chi connectivity index (χ1) is 10.8. The van der Waals surface area contributed by atoms with Crippen LogP contribution in [0.1, 0.15) is 5.56 Å². The van der Waals surface area contributed by atoms with Crippen LogP contribution in [0.3, 0.4) is 0 Å². The number of oxime groups is 1. The van der Waals surface area contributed by atoms with E-state index in [0.717, 1.165) is 37.4 Å². The number of hydrogen-bond donors (Lipinski definition) is 1. The summed E-state index contributed by atoms with van der Waals surface area (Å²) < 4.78 is 13.0. The monoisotopic (exact) mass is 300 g/mol. The van der Waals surface area contributed by atoms with E-state index < -0.39 is 0 Å². The molecule has 1 aromatic heterocycles. The number of piperazine rings is 1. The third-order valence-corrected chi connectivity index (χ3v) is 3.80. The lowest BCUT2D eigenvalue weighted by atomic mass is 10.2. The van der Waals surface area contributed by atoms with Gasteiger partial charge in [-0.3, -0.25) is 4.98 Å². The van der Waals surface area contributed by atoms with E-state index in [-0.39, 0.29) is 5.82 Å². The minimum absolute atomic E-state index is 0.227. The molecule has 5 nitrogen and oxygen atoms in total. The minimum Gasteiger partial charge on any atom is -0.409 e. The third kappa shape index (κ3) is 3.00. The molecule has 2 aromatic rings. The Hall–Kier alpha value is -2.63. The van der Waals surface area contributed by atoms with Gasteiger partial charge < -0.3 is 15.0 Å². The van der Waals surface area contributed by atoms with E-state index in [1.807, 2.05) is 17.0 Å². The van der Waals surface area contributed by atoms with E-state index >= 15 is 0 Å². The summed E-state index contributed by atoms with van der Waals surface area (Å²) in [5, 5.41) is 12.8. The summed E-state index contributed by atoms with van der Waals surface area (Å²) >= 11 is 0. The van der Waals surface area contributed by atoms with Gasteiger partial charge in [0.1, 0.15) is 5.82 Å². The number of amidine groups is 1. The van der Waals surface area contributed by atoms with Gasteiger partial charge in [-0.05, 0) is 36.4 Å².